The molecule has 0 spiro atoms. The highest BCUT2D eigenvalue weighted by atomic mass is 28.2. The van der Waals surface area contributed by atoms with Crippen molar-refractivity contribution in [2.75, 3.05) is 19.6 Å². The van der Waals surface area contributed by atoms with Crippen LogP contribution in [0.1, 0.15) is 66.8 Å². The molecule has 3 rings (SSSR count). The average molecular weight is 515 g/mol. The van der Waals surface area contributed by atoms with Crippen LogP contribution >= 0.6 is 0 Å². The van der Waals surface area contributed by atoms with E-state index in [1.165, 1.54) is 0 Å². The quantitative estimate of drug-likeness (QED) is 0.523. The molecule has 0 saturated carbocycles. The van der Waals surface area contributed by atoms with Gasteiger partial charge in [-0.15, -0.1) is 0 Å². The summed E-state index contributed by atoms with van der Waals surface area (Å²) in [5.74, 6) is 0.889. The minimum Gasteiger partial charge on any atom is -0.444 e. The number of aliphatic imine (C=N–C) groups is 1. The lowest BCUT2D eigenvalue weighted by Gasteiger charge is -2.50. The number of hydrogen-bond acceptors (Lipinski definition) is 5. The Balaban J connectivity index is 1.83. The first-order chi connectivity index (χ1) is 16.5. The summed E-state index contributed by atoms with van der Waals surface area (Å²) in [6.07, 6.45) is 3.79. The van der Waals surface area contributed by atoms with Crippen LogP contribution in [0.5, 0.6) is 0 Å². The van der Waals surface area contributed by atoms with Gasteiger partial charge >= 0.3 is 6.09 Å². The molecule has 0 aromatic carbocycles. The van der Waals surface area contributed by atoms with E-state index in [0.29, 0.717) is 19.6 Å². The Morgan fingerprint density at radius 1 is 1.06 bits per heavy atom. The fraction of sp³-hybridized carbons (Fsp3) is 0.643. The summed E-state index contributed by atoms with van der Waals surface area (Å²) in [6, 6.07) is 4.02. The highest BCUT2D eigenvalue weighted by molar-refractivity contribution is 6.31. The number of aromatic nitrogens is 1. The molecule has 2 atom stereocenters. The summed E-state index contributed by atoms with van der Waals surface area (Å²) >= 11 is 0. The predicted octanol–water partition coefficient (Wildman–Crippen LogP) is 4.93. The number of aryl methyl sites for hydroxylation is 2. The van der Waals surface area contributed by atoms with Crippen molar-refractivity contribution in [1.82, 2.24) is 14.4 Å². The van der Waals surface area contributed by atoms with Gasteiger partial charge in [0.15, 0.2) is 9.76 Å². The van der Waals surface area contributed by atoms with E-state index < -0.39 is 21.0 Å². The molecule has 200 valence electrons. The van der Waals surface area contributed by atoms with Crippen LogP contribution in [0.4, 0.5) is 4.79 Å². The van der Waals surface area contributed by atoms with Crippen LogP contribution in [-0.2, 0) is 9.16 Å². The predicted molar refractivity (Wildman–Crippen MR) is 151 cm³/mol. The van der Waals surface area contributed by atoms with E-state index in [4.69, 9.17) is 14.2 Å². The maximum Gasteiger partial charge on any atom is 0.410 e. The van der Waals surface area contributed by atoms with Gasteiger partial charge in [0.25, 0.3) is 0 Å². The molecule has 0 aliphatic carbocycles. The van der Waals surface area contributed by atoms with Crippen molar-refractivity contribution < 1.29 is 14.0 Å². The second-order valence-corrected chi connectivity index (χ2v) is 15.6. The van der Waals surface area contributed by atoms with Gasteiger partial charge in [-0.3, -0.25) is 9.80 Å². The first-order valence-electron chi connectivity index (χ1n) is 13.0. The van der Waals surface area contributed by atoms with Crippen molar-refractivity contribution in [3.8, 4) is 0 Å². The van der Waals surface area contributed by atoms with Crippen LogP contribution < -0.4 is 0 Å². The second kappa shape index (κ2) is 10.3. The van der Waals surface area contributed by atoms with E-state index in [9.17, 15) is 4.79 Å². The monoisotopic (exact) mass is 514 g/mol. The van der Waals surface area contributed by atoms with Crippen molar-refractivity contribution in [2.45, 2.75) is 97.6 Å². The van der Waals surface area contributed by atoms with Gasteiger partial charge in [-0.2, -0.15) is 0 Å². The summed E-state index contributed by atoms with van der Waals surface area (Å²) in [4.78, 5) is 22.3. The van der Waals surface area contributed by atoms with Crippen molar-refractivity contribution in [2.24, 2.45) is 4.99 Å². The van der Waals surface area contributed by atoms with Gasteiger partial charge in [0.05, 0.1) is 17.7 Å². The van der Waals surface area contributed by atoms with Crippen LogP contribution in [0, 0.1) is 13.8 Å². The third kappa shape index (κ3) is 6.78. The van der Waals surface area contributed by atoms with E-state index >= 15 is 0 Å². The number of carbonyl (C=O) groups excluding carboxylic acids is 1. The minimum atomic E-state index is -0.824. The third-order valence-corrected chi connectivity index (χ3v) is 8.41. The Morgan fingerprint density at radius 3 is 2.19 bits per heavy atom. The Morgan fingerprint density at radius 2 is 1.67 bits per heavy atom. The van der Waals surface area contributed by atoms with Crippen molar-refractivity contribution in [1.29, 1.82) is 0 Å². The van der Waals surface area contributed by atoms with E-state index in [1.54, 1.807) is 0 Å². The first kappa shape index (κ1) is 28.4. The summed E-state index contributed by atoms with van der Waals surface area (Å²) in [5.41, 5.74) is 2.23. The third-order valence-electron chi connectivity index (χ3n) is 6.66. The Labute approximate surface area is 220 Å². The number of hydrogen-bond donors (Lipinski definition) is 0. The molecular formula is C28H46N4O3Si. The van der Waals surface area contributed by atoms with Crippen LogP contribution in [0.15, 0.2) is 35.4 Å². The normalized spacial score (nSPS) is 22.4. The fourth-order valence-electron chi connectivity index (χ4n) is 4.70. The fourth-order valence-corrected chi connectivity index (χ4v) is 5.70. The summed E-state index contributed by atoms with van der Waals surface area (Å²) in [6.45, 7) is 27.1. The number of piperazine rings is 1. The van der Waals surface area contributed by atoms with Crippen molar-refractivity contribution in [3.05, 3.63) is 41.7 Å². The van der Waals surface area contributed by atoms with Gasteiger partial charge in [-0.05, 0) is 77.3 Å². The second-order valence-electron chi connectivity index (χ2n) is 12.9. The zero-order valence-electron chi connectivity index (χ0n) is 24.0. The zero-order valence-corrected chi connectivity index (χ0v) is 25.4. The zero-order chi connectivity index (χ0) is 27.1. The Hall–Kier alpha value is -2.16. The van der Waals surface area contributed by atoms with E-state index in [1.807, 2.05) is 31.9 Å². The molecule has 1 aromatic heterocycles. The van der Waals surface area contributed by atoms with Gasteiger partial charge in [-0.1, -0.05) is 27.4 Å². The molecule has 1 amide bonds. The molecular weight excluding hydrogens is 468 g/mol. The molecule has 1 saturated heterocycles. The maximum absolute atomic E-state index is 13.2. The summed E-state index contributed by atoms with van der Waals surface area (Å²) < 4.78 is 14.5. The summed E-state index contributed by atoms with van der Waals surface area (Å²) in [5, 5.41) is 0.155. The lowest BCUT2D eigenvalue weighted by molar-refractivity contribution is -0.0554. The first-order valence-corrected chi connectivity index (χ1v) is 14.2. The minimum absolute atomic E-state index is 0.0242. The average Bonchev–Trinajstić information content (AvgIpc) is 3.08. The van der Waals surface area contributed by atoms with Crippen LogP contribution in [-0.4, -0.2) is 79.4 Å². The molecule has 36 heavy (non-hydrogen) atoms. The van der Waals surface area contributed by atoms with Gasteiger partial charge in [0, 0.05) is 37.2 Å². The Kier molecular flexibility index (Phi) is 8.13. The molecule has 7 nitrogen and oxygen atoms in total. The number of ether oxygens (including phenoxy) is 1. The molecule has 2 aliphatic rings. The maximum atomic E-state index is 13.2. The van der Waals surface area contributed by atoms with Crippen LogP contribution in [0.2, 0.25) is 5.04 Å². The van der Waals surface area contributed by atoms with E-state index in [-0.39, 0.29) is 23.2 Å². The van der Waals surface area contributed by atoms with Gasteiger partial charge in [0.2, 0.25) is 0 Å². The number of amides is 1. The van der Waals surface area contributed by atoms with Crippen LogP contribution in [0.3, 0.4) is 0 Å². The van der Waals surface area contributed by atoms with Crippen molar-refractivity contribution >= 4 is 27.9 Å². The van der Waals surface area contributed by atoms with Gasteiger partial charge in [0.1, 0.15) is 11.4 Å². The number of nitrogens with zero attached hydrogens (tertiary/aromatic N) is 4. The molecule has 8 heteroatoms. The van der Waals surface area contributed by atoms with E-state index in [0.717, 1.165) is 22.8 Å². The smallest absolute Gasteiger partial charge is 0.410 e. The number of carbonyl (C=O) groups is 1. The van der Waals surface area contributed by atoms with Crippen LogP contribution in [0.25, 0.3) is 5.82 Å². The standard InChI is InChI=1S/C28H46N4O3Si/c1-19-16-24(32-20(2)12-13-21(32)3)29-17-22(19)30-14-15-31(25(33)34-26(4,5)6)23(18-30)28(10,11)35-36-27(7,8)9/h12-13,16-17,22-23H,1,14-15,18,36H2,2-11H3/t22?,23-/m1/s1. The highest BCUT2D eigenvalue weighted by Gasteiger charge is 2.44. The lowest BCUT2D eigenvalue weighted by atomic mass is 9.93. The molecule has 1 unspecified atom stereocenters. The largest absolute Gasteiger partial charge is 0.444 e. The summed E-state index contributed by atoms with van der Waals surface area (Å²) in [7, 11) is -0.824. The SMILES string of the molecule is C=C1C=C(n2c(C)ccc2C)N=CC1N1CCN(C(=O)OC(C)(C)C)[C@@H](C(C)(C)O[SiH2]C(C)(C)C)C1. The van der Waals surface area contributed by atoms with E-state index in [2.05, 4.69) is 82.7 Å². The molecule has 3 heterocycles. The highest BCUT2D eigenvalue weighted by Crippen LogP contribution is 2.32. The lowest BCUT2D eigenvalue weighted by Crippen LogP contribution is -2.65. The molecule has 0 N–H and O–H groups in total. The number of rotatable bonds is 5. The molecule has 1 fully saturated rings. The molecule has 2 aliphatic heterocycles. The molecule has 0 bridgehead atoms. The van der Waals surface area contributed by atoms with Crippen molar-refractivity contribution in [3.63, 3.8) is 0 Å². The topological polar surface area (TPSA) is 59.3 Å². The van der Waals surface area contributed by atoms with Gasteiger partial charge in [-0.25, -0.2) is 9.79 Å². The molecule has 1 aromatic rings. The molecule has 0 radical (unpaired) electrons. The van der Waals surface area contributed by atoms with Gasteiger partial charge < -0.3 is 13.7 Å². The Bertz CT molecular complexity index is 1020.